The molecule has 19 heteroatoms. The van der Waals surface area contributed by atoms with Gasteiger partial charge in [-0.05, 0) is 57.3 Å². The summed E-state index contributed by atoms with van der Waals surface area (Å²) < 4.78 is 68.6. The van der Waals surface area contributed by atoms with Crippen molar-refractivity contribution in [2.45, 2.75) is 432 Å². The molecule has 0 radical (unpaired) electrons. The van der Waals surface area contributed by atoms with Gasteiger partial charge < -0.3 is 33.8 Å². The molecule has 0 saturated heterocycles. The Kier molecular flexibility index (Phi) is 72.6. The first-order valence-electron chi connectivity index (χ1n) is 42.0. The fourth-order valence-electron chi connectivity index (χ4n) is 12.2. The molecule has 0 rings (SSSR count). The Morgan fingerprint density at radius 3 is 0.812 bits per heavy atom. The van der Waals surface area contributed by atoms with Crippen LogP contribution in [0.1, 0.15) is 413 Å². The van der Waals surface area contributed by atoms with Gasteiger partial charge in [-0.25, -0.2) is 9.13 Å². The molecule has 101 heavy (non-hydrogen) atoms. The number of carbonyl (C=O) groups is 4. The normalized spacial score (nSPS) is 14.0. The van der Waals surface area contributed by atoms with Gasteiger partial charge in [-0.2, -0.15) is 0 Å². The number of hydrogen-bond acceptors (Lipinski definition) is 15. The van der Waals surface area contributed by atoms with Crippen LogP contribution in [-0.4, -0.2) is 96.7 Å². The Labute approximate surface area is 618 Å². The van der Waals surface area contributed by atoms with Crippen molar-refractivity contribution in [1.82, 2.24) is 0 Å². The van der Waals surface area contributed by atoms with Crippen molar-refractivity contribution in [3.05, 3.63) is 24.3 Å². The summed E-state index contributed by atoms with van der Waals surface area (Å²) in [6.07, 6.45) is 68.9. The van der Waals surface area contributed by atoms with Crippen molar-refractivity contribution in [1.29, 1.82) is 0 Å². The summed E-state index contributed by atoms with van der Waals surface area (Å²) in [6.45, 7) is 7.25. The molecule has 0 amide bonds. The van der Waals surface area contributed by atoms with Crippen LogP contribution in [0.25, 0.3) is 0 Å². The zero-order valence-electron chi connectivity index (χ0n) is 65.5. The lowest BCUT2D eigenvalue weighted by molar-refractivity contribution is -0.161. The standard InChI is InChI=1S/C82H156O17P2/c1-6-9-12-15-18-21-23-25-27-28-29-30-31-32-33-35-37-42-47-52-57-62-67-81(86)99-78(72-93-80(85)66-61-56-51-46-41-36-34-26-24-22-19-16-13-10-7-2)74-97-101(90,91)95-70-76(83)69-94-100(88,89)96-73-77(71-92-79(84)65-60-55-50-44-20-17-14-11-8-3)98-82(87)68-63-58-53-48-43-39-38-40-45-49-54-59-64-75(4)5/h22,24,26,34,75-78,83H,6-21,23,25,27-33,35-74H2,1-5H3,(H,88,89)(H,90,91)/b24-22-,34-26-/t76-,77+,78+/m0/s1. The van der Waals surface area contributed by atoms with Crippen molar-refractivity contribution in [2.75, 3.05) is 39.6 Å². The summed E-state index contributed by atoms with van der Waals surface area (Å²) in [6, 6.07) is 0. The highest BCUT2D eigenvalue weighted by Gasteiger charge is 2.30. The van der Waals surface area contributed by atoms with E-state index in [0.29, 0.717) is 25.7 Å². The summed E-state index contributed by atoms with van der Waals surface area (Å²) in [5.74, 6) is -1.36. The fourth-order valence-corrected chi connectivity index (χ4v) is 13.8. The number of phosphoric acid groups is 2. The molecule has 0 aliphatic heterocycles. The first-order valence-corrected chi connectivity index (χ1v) is 44.9. The van der Waals surface area contributed by atoms with Crippen molar-refractivity contribution >= 4 is 39.5 Å². The number of allylic oxidation sites excluding steroid dienone is 4. The van der Waals surface area contributed by atoms with Crippen molar-refractivity contribution in [2.24, 2.45) is 5.92 Å². The highest BCUT2D eigenvalue weighted by atomic mass is 31.2. The van der Waals surface area contributed by atoms with Crippen LogP contribution in [0.15, 0.2) is 24.3 Å². The number of ether oxygens (including phenoxy) is 4. The molecule has 0 saturated carbocycles. The molecule has 0 heterocycles. The number of unbranched alkanes of at least 4 members (excludes halogenated alkanes) is 49. The lowest BCUT2D eigenvalue weighted by Crippen LogP contribution is -2.30. The molecular weight excluding hydrogens is 1320 g/mol. The summed E-state index contributed by atoms with van der Waals surface area (Å²) in [5, 5.41) is 10.6. The third-order valence-electron chi connectivity index (χ3n) is 18.7. The monoisotopic (exact) mass is 1480 g/mol. The van der Waals surface area contributed by atoms with Gasteiger partial charge in [0.15, 0.2) is 12.2 Å². The average molecular weight is 1480 g/mol. The van der Waals surface area contributed by atoms with Crippen molar-refractivity contribution in [3.63, 3.8) is 0 Å². The molecule has 0 bridgehead atoms. The minimum absolute atomic E-state index is 0.102. The molecule has 0 fully saturated rings. The summed E-state index contributed by atoms with van der Waals surface area (Å²) in [7, 11) is -9.93. The molecule has 2 unspecified atom stereocenters. The Morgan fingerprint density at radius 2 is 0.535 bits per heavy atom. The maximum Gasteiger partial charge on any atom is 0.472 e. The summed E-state index contributed by atoms with van der Waals surface area (Å²) >= 11 is 0. The molecule has 3 N–H and O–H groups in total. The molecule has 0 spiro atoms. The topological polar surface area (TPSA) is 237 Å². The van der Waals surface area contributed by atoms with Crippen LogP contribution in [0.2, 0.25) is 0 Å². The largest absolute Gasteiger partial charge is 0.472 e. The van der Waals surface area contributed by atoms with E-state index in [1.54, 1.807) is 0 Å². The van der Waals surface area contributed by atoms with E-state index in [0.717, 1.165) is 115 Å². The van der Waals surface area contributed by atoms with Gasteiger partial charge in [0.1, 0.15) is 19.3 Å². The second-order valence-corrected chi connectivity index (χ2v) is 32.2. The van der Waals surface area contributed by atoms with Gasteiger partial charge >= 0.3 is 39.5 Å². The minimum atomic E-state index is -4.97. The number of carbonyl (C=O) groups excluding carboxylic acids is 4. The van der Waals surface area contributed by atoms with Crippen LogP contribution >= 0.6 is 15.6 Å². The predicted molar refractivity (Wildman–Crippen MR) is 414 cm³/mol. The van der Waals surface area contributed by atoms with E-state index in [9.17, 15) is 43.2 Å². The Bertz CT molecular complexity index is 2020. The second-order valence-electron chi connectivity index (χ2n) is 29.3. The summed E-state index contributed by atoms with van der Waals surface area (Å²) in [4.78, 5) is 73.0. The number of esters is 4. The van der Waals surface area contributed by atoms with Gasteiger partial charge in [-0.3, -0.25) is 37.3 Å². The molecule has 0 aromatic carbocycles. The van der Waals surface area contributed by atoms with E-state index in [-0.39, 0.29) is 25.7 Å². The highest BCUT2D eigenvalue weighted by molar-refractivity contribution is 7.47. The second kappa shape index (κ2) is 74.4. The SMILES string of the molecule is CCCCCC/C=C\C=C/CCCCCCCC(=O)OC[C@H](COP(=O)(O)OC[C@@H](O)COP(=O)(O)OC[C@@H](COC(=O)CCCCCCCCCCC)OC(=O)CCCCCCCCCCCCCCC(C)C)OC(=O)CCCCCCCCCCCCCCCCCCCCCCCC. The van der Waals surface area contributed by atoms with Gasteiger partial charge in [-0.15, -0.1) is 0 Å². The maximum absolute atomic E-state index is 13.1. The van der Waals surface area contributed by atoms with Crippen LogP contribution in [0.5, 0.6) is 0 Å². The lowest BCUT2D eigenvalue weighted by atomic mass is 10.0. The van der Waals surface area contributed by atoms with Gasteiger partial charge in [0.05, 0.1) is 26.4 Å². The smallest absolute Gasteiger partial charge is 0.462 e. The lowest BCUT2D eigenvalue weighted by Gasteiger charge is -2.21. The highest BCUT2D eigenvalue weighted by Crippen LogP contribution is 2.45. The summed E-state index contributed by atoms with van der Waals surface area (Å²) in [5.41, 5.74) is 0. The Balaban J connectivity index is 5.22. The fraction of sp³-hybridized carbons (Fsp3) is 0.902. The first-order chi connectivity index (χ1) is 49.0. The quantitative estimate of drug-likeness (QED) is 0.0169. The molecular formula is C82H156O17P2. The van der Waals surface area contributed by atoms with E-state index in [2.05, 4.69) is 58.9 Å². The molecule has 0 aromatic heterocycles. The number of hydrogen-bond donors (Lipinski definition) is 3. The van der Waals surface area contributed by atoms with E-state index >= 15 is 0 Å². The van der Waals surface area contributed by atoms with Gasteiger partial charge in [0.25, 0.3) is 0 Å². The Hall–Kier alpha value is -2.46. The van der Waals surface area contributed by atoms with E-state index in [1.165, 1.54) is 218 Å². The predicted octanol–water partition coefficient (Wildman–Crippen LogP) is 24.4. The molecule has 0 aromatic rings. The van der Waals surface area contributed by atoms with Crippen LogP contribution < -0.4 is 0 Å². The number of phosphoric ester groups is 2. The van der Waals surface area contributed by atoms with Crippen molar-refractivity contribution < 1.29 is 80.2 Å². The average Bonchev–Trinajstić information content (AvgIpc) is 0.968. The molecule has 0 aliphatic carbocycles. The van der Waals surface area contributed by atoms with E-state index < -0.39 is 97.5 Å². The van der Waals surface area contributed by atoms with Gasteiger partial charge in [-0.1, -0.05) is 361 Å². The van der Waals surface area contributed by atoms with Gasteiger partial charge in [0.2, 0.25) is 0 Å². The van der Waals surface area contributed by atoms with E-state index in [4.69, 9.17) is 37.0 Å². The Morgan fingerprint density at radius 1 is 0.307 bits per heavy atom. The molecule has 5 atom stereocenters. The molecule has 596 valence electrons. The van der Waals surface area contributed by atoms with E-state index in [1.807, 2.05) is 0 Å². The zero-order valence-corrected chi connectivity index (χ0v) is 67.3. The number of aliphatic hydroxyl groups is 1. The first kappa shape index (κ1) is 98.5. The third kappa shape index (κ3) is 75.6. The molecule has 17 nitrogen and oxygen atoms in total. The zero-order chi connectivity index (χ0) is 74.1. The number of aliphatic hydroxyl groups excluding tert-OH is 1. The van der Waals surface area contributed by atoms with Crippen LogP contribution in [0.3, 0.4) is 0 Å². The van der Waals surface area contributed by atoms with Crippen LogP contribution in [0, 0.1) is 5.92 Å². The molecule has 0 aliphatic rings. The van der Waals surface area contributed by atoms with Gasteiger partial charge in [0, 0.05) is 25.7 Å². The van der Waals surface area contributed by atoms with Crippen LogP contribution in [0.4, 0.5) is 0 Å². The number of rotatable bonds is 80. The van der Waals surface area contributed by atoms with Crippen LogP contribution in [-0.2, 0) is 65.4 Å². The van der Waals surface area contributed by atoms with Crippen molar-refractivity contribution in [3.8, 4) is 0 Å². The minimum Gasteiger partial charge on any atom is -0.462 e. The third-order valence-corrected chi connectivity index (χ3v) is 20.6. The maximum atomic E-state index is 13.1.